The molecule has 1 aliphatic rings. The van der Waals surface area contributed by atoms with Crippen molar-refractivity contribution in [2.24, 2.45) is 0 Å². The number of likely N-dealkylation sites (tertiary alicyclic amines) is 1. The van der Waals surface area contributed by atoms with E-state index in [0.717, 1.165) is 22.0 Å². The monoisotopic (exact) mass is 346 g/mol. The van der Waals surface area contributed by atoms with Crippen molar-refractivity contribution in [1.29, 1.82) is 0 Å². The van der Waals surface area contributed by atoms with Gasteiger partial charge >= 0.3 is 0 Å². The number of aromatic nitrogens is 1. The Labute approximate surface area is 145 Å². The number of aliphatic hydroxyl groups is 1. The molecule has 6 heteroatoms. The van der Waals surface area contributed by atoms with E-state index >= 15 is 0 Å². The van der Waals surface area contributed by atoms with Gasteiger partial charge in [-0.05, 0) is 44.0 Å². The maximum Gasteiger partial charge on any atom is 0.228 e. The highest BCUT2D eigenvalue weighted by atomic mass is 32.1. The summed E-state index contributed by atoms with van der Waals surface area (Å²) in [6.07, 6.45) is 1.39. The molecule has 1 aliphatic heterocycles. The van der Waals surface area contributed by atoms with Gasteiger partial charge < -0.3 is 14.7 Å². The molecule has 0 radical (unpaired) electrons. The van der Waals surface area contributed by atoms with Gasteiger partial charge in [0.15, 0.2) is 0 Å². The van der Waals surface area contributed by atoms with Crippen LogP contribution in [0.15, 0.2) is 29.6 Å². The lowest BCUT2D eigenvalue weighted by molar-refractivity contribution is -0.132. The van der Waals surface area contributed by atoms with Crippen LogP contribution in [0.3, 0.4) is 0 Å². The summed E-state index contributed by atoms with van der Waals surface area (Å²) in [6.45, 7) is 3.88. The molecule has 2 heterocycles. The van der Waals surface area contributed by atoms with Crippen LogP contribution in [0.4, 0.5) is 0 Å². The molecule has 3 rings (SSSR count). The summed E-state index contributed by atoms with van der Waals surface area (Å²) in [5.74, 6) is 0.936. The minimum atomic E-state index is -0.264. The normalized spacial score (nSPS) is 15.5. The third-order valence-electron chi connectivity index (χ3n) is 4.11. The first-order valence-corrected chi connectivity index (χ1v) is 9.17. The van der Waals surface area contributed by atoms with E-state index in [1.807, 2.05) is 41.5 Å². The molecule has 0 saturated carbocycles. The van der Waals surface area contributed by atoms with Gasteiger partial charge in [-0.25, -0.2) is 4.98 Å². The zero-order chi connectivity index (χ0) is 16.9. The first-order chi connectivity index (χ1) is 11.7. The summed E-state index contributed by atoms with van der Waals surface area (Å²) in [5, 5.41) is 12.4. The van der Waals surface area contributed by atoms with Crippen molar-refractivity contribution in [2.75, 3.05) is 19.7 Å². The Bertz CT molecular complexity index is 676. The average molecular weight is 346 g/mol. The summed E-state index contributed by atoms with van der Waals surface area (Å²) in [5.41, 5.74) is 1.84. The van der Waals surface area contributed by atoms with Crippen molar-refractivity contribution < 1.29 is 14.6 Å². The largest absolute Gasteiger partial charge is 0.494 e. The van der Waals surface area contributed by atoms with Crippen LogP contribution in [0.5, 0.6) is 5.75 Å². The number of hydrogen-bond donors (Lipinski definition) is 1. The first kappa shape index (κ1) is 16.9. The number of amides is 1. The van der Waals surface area contributed by atoms with Crippen LogP contribution in [0.2, 0.25) is 0 Å². The molecule has 24 heavy (non-hydrogen) atoms. The van der Waals surface area contributed by atoms with Crippen LogP contribution in [-0.2, 0) is 11.2 Å². The Morgan fingerprint density at radius 3 is 2.71 bits per heavy atom. The van der Waals surface area contributed by atoms with Gasteiger partial charge in [0.05, 0.1) is 24.8 Å². The van der Waals surface area contributed by atoms with Gasteiger partial charge in [-0.2, -0.15) is 0 Å². The van der Waals surface area contributed by atoms with Crippen LogP contribution in [0.1, 0.15) is 25.5 Å². The van der Waals surface area contributed by atoms with Gasteiger partial charge in [0.1, 0.15) is 10.8 Å². The van der Waals surface area contributed by atoms with Gasteiger partial charge in [0.25, 0.3) is 0 Å². The zero-order valence-electron chi connectivity index (χ0n) is 13.8. The van der Waals surface area contributed by atoms with Crippen molar-refractivity contribution in [3.8, 4) is 16.3 Å². The summed E-state index contributed by atoms with van der Waals surface area (Å²) >= 11 is 1.55. The number of ether oxygens (including phenoxy) is 1. The lowest BCUT2D eigenvalue weighted by Gasteiger charge is -2.29. The number of carbonyl (C=O) groups is 1. The van der Waals surface area contributed by atoms with Gasteiger partial charge in [-0.3, -0.25) is 4.79 Å². The average Bonchev–Trinajstić information content (AvgIpc) is 3.05. The lowest BCUT2D eigenvalue weighted by atomic mass is 10.1. The Hall–Kier alpha value is -1.92. The number of piperidine rings is 1. The fourth-order valence-electron chi connectivity index (χ4n) is 2.76. The second-order valence-corrected chi connectivity index (χ2v) is 6.75. The van der Waals surface area contributed by atoms with Gasteiger partial charge in [-0.1, -0.05) is 0 Å². The van der Waals surface area contributed by atoms with E-state index in [4.69, 9.17) is 4.74 Å². The van der Waals surface area contributed by atoms with Gasteiger partial charge in [0, 0.05) is 24.0 Å². The number of benzene rings is 1. The maximum atomic E-state index is 12.3. The molecule has 1 amide bonds. The van der Waals surface area contributed by atoms with E-state index in [9.17, 15) is 9.90 Å². The number of nitrogens with zero attached hydrogens (tertiary/aromatic N) is 2. The minimum Gasteiger partial charge on any atom is -0.494 e. The molecule has 1 aromatic heterocycles. The van der Waals surface area contributed by atoms with E-state index in [1.54, 1.807) is 11.3 Å². The van der Waals surface area contributed by atoms with E-state index in [1.165, 1.54) is 0 Å². The highest BCUT2D eigenvalue weighted by Gasteiger charge is 2.22. The summed E-state index contributed by atoms with van der Waals surface area (Å²) in [4.78, 5) is 18.7. The van der Waals surface area contributed by atoms with Crippen molar-refractivity contribution in [3.63, 3.8) is 0 Å². The molecule has 0 atom stereocenters. The molecule has 1 N–H and O–H groups in total. The standard InChI is InChI=1S/C18H22N2O3S/c1-2-23-16-5-3-13(4-6-16)18-19-14(12-24-18)11-17(22)20-9-7-15(21)8-10-20/h3-6,12,15,21H,2,7-11H2,1H3. The van der Waals surface area contributed by atoms with E-state index in [-0.39, 0.29) is 12.0 Å². The zero-order valence-corrected chi connectivity index (χ0v) is 14.6. The van der Waals surface area contributed by atoms with Crippen LogP contribution in [0.25, 0.3) is 10.6 Å². The fourth-order valence-corrected chi connectivity index (χ4v) is 3.59. The quantitative estimate of drug-likeness (QED) is 0.904. The van der Waals surface area contributed by atoms with E-state index in [2.05, 4.69) is 4.98 Å². The lowest BCUT2D eigenvalue weighted by Crippen LogP contribution is -2.40. The number of carbonyl (C=O) groups excluding carboxylic acids is 1. The van der Waals surface area contributed by atoms with Crippen molar-refractivity contribution in [2.45, 2.75) is 32.3 Å². The molecule has 1 aromatic carbocycles. The highest BCUT2D eigenvalue weighted by Crippen LogP contribution is 2.26. The SMILES string of the molecule is CCOc1ccc(-c2nc(CC(=O)N3CCC(O)CC3)cs2)cc1. The van der Waals surface area contributed by atoms with Crippen LogP contribution < -0.4 is 4.74 Å². The topological polar surface area (TPSA) is 62.7 Å². The van der Waals surface area contributed by atoms with Crippen LogP contribution in [0, 0.1) is 0 Å². The first-order valence-electron chi connectivity index (χ1n) is 8.29. The molecule has 128 valence electrons. The summed E-state index contributed by atoms with van der Waals surface area (Å²) in [6, 6.07) is 7.84. The van der Waals surface area contributed by atoms with Crippen molar-refractivity contribution in [3.05, 3.63) is 35.3 Å². The molecule has 1 fully saturated rings. The molecule has 5 nitrogen and oxygen atoms in total. The van der Waals surface area contributed by atoms with E-state index in [0.29, 0.717) is 39.0 Å². The predicted molar refractivity (Wildman–Crippen MR) is 94.2 cm³/mol. The van der Waals surface area contributed by atoms with E-state index < -0.39 is 0 Å². The molecule has 0 spiro atoms. The second kappa shape index (κ2) is 7.77. The Kier molecular flexibility index (Phi) is 5.48. The molecule has 1 saturated heterocycles. The summed E-state index contributed by atoms with van der Waals surface area (Å²) < 4.78 is 5.44. The number of rotatable bonds is 5. The van der Waals surface area contributed by atoms with Gasteiger partial charge in [0.2, 0.25) is 5.91 Å². The molecule has 2 aromatic rings. The van der Waals surface area contributed by atoms with Gasteiger partial charge in [-0.15, -0.1) is 11.3 Å². The van der Waals surface area contributed by atoms with Crippen LogP contribution in [-0.4, -0.2) is 46.7 Å². The smallest absolute Gasteiger partial charge is 0.228 e. The Morgan fingerprint density at radius 2 is 2.04 bits per heavy atom. The van der Waals surface area contributed by atoms with Crippen molar-refractivity contribution >= 4 is 17.2 Å². The minimum absolute atomic E-state index is 0.0884. The molecular formula is C18H22N2O3S. The number of hydrogen-bond acceptors (Lipinski definition) is 5. The third kappa shape index (κ3) is 4.13. The molecular weight excluding hydrogens is 324 g/mol. The van der Waals surface area contributed by atoms with Crippen LogP contribution >= 0.6 is 11.3 Å². The Balaban J connectivity index is 1.61. The Morgan fingerprint density at radius 1 is 1.33 bits per heavy atom. The predicted octanol–water partition coefficient (Wildman–Crippen LogP) is 2.73. The molecule has 0 bridgehead atoms. The van der Waals surface area contributed by atoms with Crippen molar-refractivity contribution in [1.82, 2.24) is 9.88 Å². The molecule has 0 unspecified atom stereocenters. The highest BCUT2D eigenvalue weighted by molar-refractivity contribution is 7.13. The summed E-state index contributed by atoms with van der Waals surface area (Å²) in [7, 11) is 0. The second-order valence-electron chi connectivity index (χ2n) is 5.89. The fraction of sp³-hybridized carbons (Fsp3) is 0.444. The third-order valence-corrected chi connectivity index (χ3v) is 5.05. The maximum absolute atomic E-state index is 12.3. The number of thiazole rings is 1. The molecule has 0 aliphatic carbocycles. The number of aliphatic hydroxyl groups excluding tert-OH is 1.